The molecule has 0 amide bonds. The molecule has 0 aliphatic heterocycles. The molecular formula is C5H11MoN2O6S3. The van der Waals surface area contributed by atoms with Gasteiger partial charge in [0.15, 0.2) is 0 Å². The van der Waals surface area contributed by atoms with Gasteiger partial charge in [-0.05, 0) is 24.4 Å². The molecule has 12 heteroatoms. The van der Waals surface area contributed by atoms with Gasteiger partial charge >= 0.3 is 46.4 Å². The van der Waals surface area contributed by atoms with Crippen LogP contribution in [0.15, 0.2) is 12.7 Å². The first-order chi connectivity index (χ1) is 7.56. The van der Waals surface area contributed by atoms with E-state index in [1.165, 1.54) is 0 Å². The molecular weight excluding hydrogens is 376 g/mol. The van der Waals surface area contributed by atoms with Gasteiger partial charge in [0.2, 0.25) is 0 Å². The Labute approximate surface area is 121 Å². The third-order valence-electron chi connectivity index (χ3n) is 0.484. The minimum absolute atomic E-state index is 0.181. The Kier molecular flexibility index (Phi) is 17.7. The third-order valence-corrected chi connectivity index (χ3v) is 2.07. The molecule has 0 rings (SSSR count). The Bertz CT molecular complexity index is 329. The van der Waals surface area contributed by atoms with Crippen LogP contribution in [0.3, 0.4) is 0 Å². The second kappa shape index (κ2) is 13.7. The molecule has 0 aliphatic carbocycles. The molecule has 8 nitrogen and oxygen atoms in total. The maximum absolute atomic E-state index is 9.34. The summed E-state index contributed by atoms with van der Waals surface area (Å²) in [5.41, 5.74) is 4.40. The third kappa shape index (κ3) is 65.8. The van der Waals surface area contributed by atoms with E-state index in [0.29, 0.717) is 6.54 Å². The second-order valence-corrected chi connectivity index (χ2v) is 4.61. The van der Waals surface area contributed by atoms with Gasteiger partial charge in [-0.15, -0.1) is 6.58 Å². The van der Waals surface area contributed by atoms with Gasteiger partial charge in [-0.1, -0.05) is 6.08 Å². The zero-order chi connectivity index (χ0) is 14.5. The van der Waals surface area contributed by atoms with Crippen LogP contribution in [0.4, 0.5) is 0 Å². The number of aliphatic hydroxyl groups is 2. The summed E-state index contributed by atoms with van der Waals surface area (Å²) in [6.45, 7) is 3.92. The van der Waals surface area contributed by atoms with Crippen LogP contribution in [0.25, 0.3) is 0 Å². The van der Waals surface area contributed by atoms with Gasteiger partial charge < -0.3 is 21.3 Å². The van der Waals surface area contributed by atoms with Crippen LogP contribution in [0.2, 0.25) is 0 Å². The van der Waals surface area contributed by atoms with Gasteiger partial charge in [-0.2, -0.15) is 0 Å². The molecule has 6 N–H and O–H groups in total. The van der Waals surface area contributed by atoms with Crippen molar-refractivity contribution in [3.8, 4) is 0 Å². The Morgan fingerprint density at radius 3 is 1.88 bits per heavy atom. The molecule has 0 fully saturated rings. The van der Waals surface area contributed by atoms with Crippen molar-refractivity contribution in [1.82, 2.24) is 5.32 Å². The molecule has 101 valence electrons. The zero-order valence-corrected chi connectivity index (χ0v) is 12.7. The van der Waals surface area contributed by atoms with E-state index >= 15 is 0 Å². The van der Waals surface area contributed by atoms with Gasteiger partial charge in [-0.25, -0.2) is 0 Å². The standard InChI is InChI=1S/C4H7NOS.CH3NOS.Mo.H2O4S/c1-2-3-5-4(6)7;2-1(3)4;;1-5(2,3)4/h2H,1,3H2,(H2,5,6,7);(H3,2,3,4);;(H2,1,2,3,4)/q;;+1;/p-1. The van der Waals surface area contributed by atoms with Gasteiger partial charge in [0, 0.05) is 6.54 Å². The number of thiocarbonyl (C=S) groups is 2. The molecule has 0 atom stereocenters. The van der Waals surface area contributed by atoms with Crippen LogP contribution in [0.1, 0.15) is 0 Å². The quantitative estimate of drug-likeness (QED) is 0.189. The van der Waals surface area contributed by atoms with E-state index in [0.717, 1.165) is 20.2 Å². The summed E-state index contributed by atoms with van der Waals surface area (Å²) < 4.78 is 29.7. The van der Waals surface area contributed by atoms with Crippen LogP contribution in [0.5, 0.6) is 0 Å². The summed E-state index contributed by atoms with van der Waals surface area (Å²) in [6.07, 6.45) is 1.61. The molecule has 0 aliphatic rings. The Balaban J connectivity index is -0.000000180. The summed E-state index contributed by atoms with van der Waals surface area (Å²) >= 11 is 8.94. The van der Waals surface area contributed by atoms with Crippen molar-refractivity contribution in [1.29, 1.82) is 0 Å². The second-order valence-electron chi connectivity index (χ2n) is 1.81. The summed E-state index contributed by atoms with van der Waals surface area (Å²) in [5.74, 6) is 0. The molecule has 0 bridgehead atoms. The summed E-state index contributed by atoms with van der Waals surface area (Å²) in [5, 5.41) is 17.6. The van der Waals surface area contributed by atoms with Crippen molar-refractivity contribution in [2.24, 2.45) is 5.73 Å². The Hall–Kier alpha value is -0.322. The van der Waals surface area contributed by atoms with Crippen molar-refractivity contribution in [3.05, 3.63) is 12.7 Å². The molecule has 0 saturated carbocycles. The van der Waals surface area contributed by atoms with Crippen molar-refractivity contribution >= 4 is 45.2 Å². The average molecular weight is 387 g/mol. The van der Waals surface area contributed by atoms with Gasteiger partial charge in [0.05, 0.1) is 0 Å². The van der Waals surface area contributed by atoms with E-state index in [-0.39, 0.29) is 5.17 Å². The first kappa shape index (κ1) is 21.9. The van der Waals surface area contributed by atoms with Crippen molar-refractivity contribution in [3.63, 3.8) is 0 Å². The number of nitrogens with one attached hydrogen (secondary N) is 1. The maximum atomic E-state index is 9.34. The fourth-order valence-corrected chi connectivity index (χ4v) is 0.243. The van der Waals surface area contributed by atoms with E-state index in [2.05, 4.69) is 44.9 Å². The van der Waals surface area contributed by atoms with E-state index in [1.54, 1.807) is 6.08 Å². The van der Waals surface area contributed by atoms with E-state index in [9.17, 15) is 8.42 Å². The van der Waals surface area contributed by atoms with Gasteiger partial charge in [-0.3, -0.25) is 0 Å². The normalized spacial score (nSPS) is 8.53. The Morgan fingerprint density at radius 2 is 1.82 bits per heavy atom. The van der Waals surface area contributed by atoms with Gasteiger partial charge in [0.25, 0.3) is 10.3 Å². The van der Waals surface area contributed by atoms with Crippen LogP contribution < -0.4 is 11.1 Å². The molecule has 0 heterocycles. The van der Waals surface area contributed by atoms with Gasteiger partial charge in [0.1, 0.15) is 0 Å². The van der Waals surface area contributed by atoms with Crippen LogP contribution in [0, 0.1) is 0 Å². The topological polar surface area (TPSA) is 142 Å². The molecule has 0 saturated heterocycles. The van der Waals surface area contributed by atoms with Crippen molar-refractivity contribution in [2.75, 3.05) is 6.54 Å². The summed E-state index contributed by atoms with van der Waals surface area (Å²) in [4.78, 5) is 0. The van der Waals surface area contributed by atoms with Crippen molar-refractivity contribution in [2.45, 2.75) is 0 Å². The van der Waals surface area contributed by atoms with Crippen LogP contribution in [-0.2, 0) is 33.4 Å². The minimum atomic E-state index is -4.16. The van der Waals surface area contributed by atoms with E-state index in [1.807, 2.05) is 0 Å². The van der Waals surface area contributed by atoms with E-state index in [4.69, 9.17) is 14.8 Å². The zero-order valence-electron chi connectivity index (χ0n) is 8.27. The fraction of sp³-hybridized carbons (Fsp3) is 0.200. The molecule has 0 unspecified atom stereocenters. The molecule has 0 aromatic heterocycles. The van der Waals surface area contributed by atoms with Crippen molar-refractivity contribution < 1.29 is 46.2 Å². The molecule has 0 aromatic rings. The molecule has 0 radical (unpaired) electrons. The first-order valence-electron chi connectivity index (χ1n) is 3.41. The number of hydrogen-bond donors (Lipinski definition) is 5. The number of hydrogen-bond acceptors (Lipinski definition) is 5. The SMILES string of the molecule is C=CCNC(O)=S.NC(O)=S.O=S(=O)(O)[O][Mo]. The average Bonchev–Trinajstić information content (AvgIpc) is 2.13. The number of rotatable bonds is 3. The first-order valence-corrected chi connectivity index (χ1v) is 6.41. The fourth-order valence-electron chi connectivity index (χ4n) is 0.159. The molecule has 0 spiro atoms. The summed E-state index contributed by atoms with van der Waals surface area (Å²) in [6, 6.07) is 0. The molecule has 0 aromatic carbocycles. The van der Waals surface area contributed by atoms with Crippen LogP contribution >= 0.6 is 24.4 Å². The number of aliphatic hydroxyl groups excluding tert-OH is 2. The van der Waals surface area contributed by atoms with Crippen LogP contribution in [-0.4, -0.2) is 40.1 Å². The molecule has 17 heavy (non-hydrogen) atoms. The predicted octanol–water partition coefficient (Wildman–Crippen LogP) is -0.339. The number of nitrogens with two attached hydrogens (primary N) is 1. The summed E-state index contributed by atoms with van der Waals surface area (Å²) in [7, 11) is -4.16. The monoisotopic (exact) mass is 389 g/mol. The predicted molar refractivity (Wildman–Crippen MR) is 65.5 cm³/mol. The van der Waals surface area contributed by atoms with E-state index < -0.39 is 15.6 Å². The Morgan fingerprint density at radius 1 is 1.53 bits per heavy atom.